The second-order valence-electron chi connectivity index (χ2n) is 7.07. The average Bonchev–Trinajstić information content (AvgIpc) is 3.23. The molecule has 2 N–H and O–H groups in total. The number of H-pyrrole nitrogens is 1. The topological polar surface area (TPSA) is 70.2 Å². The molecule has 3 aromatic rings. The number of hydrogen-bond acceptors (Lipinski definition) is 4. The predicted octanol–water partition coefficient (Wildman–Crippen LogP) is 3.65. The molecule has 1 atom stereocenters. The van der Waals surface area contributed by atoms with Gasteiger partial charge in [0.05, 0.1) is 17.8 Å². The van der Waals surface area contributed by atoms with Crippen LogP contribution in [0, 0.1) is 5.82 Å². The largest absolute Gasteiger partial charge is 0.491 e. The maximum absolute atomic E-state index is 14.8. The molecule has 0 fully saturated rings. The minimum atomic E-state index is -0.510. The first-order valence-electron chi connectivity index (χ1n) is 9.41. The summed E-state index contributed by atoms with van der Waals surface area (Å²) in [6, 6.07) is 12.1. The number of likely N-dealkylation sites (N-methyl/N-ethyl adjacent to an activating group) is 1. The highest BCUT2D eigenvalue weighted by molar-refractivity contribution is 5.98. The normalized spacial score (nSPS) is 12.0. The van der Waals surface area contributed by atoms with Crippen molar-refractivity contribution in [2.45, 2.75) is 13.0 Å². The lowest BCUT2D eigenvalue weighted by molar-refractivity contribution is 0.0935. The summed E-state index contributed by atoms with van der Waals surface area (Å²) in [5, 5.41) is 9.46. The first-order valence-corrected chi connectivity index (χ1v) is 9.41. The number of ether oxygens (including phenoxy) is 1. The number of carbonyl (C=O) groups excluding carboxylic acids is 1. The zero-order valence-electron chi connectivity index (χ0n) is 16.8. The van der Waals surface area contributed by atoms with Gasteiger partial charge in [-0.15, -0.1) is 0 Å². The van der Waals surface area contributed by atoms with E-state index in [2.05, 4.69) is 15.5 Å². The lowest BCUT2D eigenvalue weighted by Gasteiger charge is -2.18. The van der Waals surface area contributed by atoms with Gasteiger partial charge in [0.2, 0.25) is 0 Å². The number of halogens is 1. The fourth-order valence-corrected chi connectivity index (χ4v) is 2.91. The summed E-state index contributed by atoms with van der Waals surface area (Å²) in [6.45, 7) is 2.92. The van der Waals surface area contributed by atoms with E-state index in [9.17, 15) is 9.18 Å². The third-order valence-electron chi connectivity index (χ3n) is 4.57. The number of nitrogens with one attached hydrogen (secondary N) is 2. The van der Waals surface area contributed by atoms with E-state index in [0.29, 0.717) is 30.0 Å². The molecular weight excluding hydrogens is 371 g/mol. The number of hydrogen-bond donors (Lipinski definition) is 2. The Bertz CT molecular complexity index is 943. The van der Waals surface area contributed by atoms with E-state index >= 15 is 0 Å². The first-order chi connectivity index (χ1) is 14.0. The van der Waals surface area contributed by atoms with Gasteiger partial charge in [0, 0.05) is 23.9 Å². The van der Waals surface area contributed by atoms with Gasteiger partial charge in [-0.25, -0.2) is 4.39 Å². The highest BCUT2D eigenvalue weighted by Gasteiger charge is 2.20. The van der Waals surface area contributed by atoms with E-state index in [1.807, 2.05) is 56.3 Å². The number of amides is 1. The van der Waals surface area contributed by atoms with E-state index < -0.39 is 5.82 Å². The van der Waals surface area contributed by atoms with Crippen LogP contribution in [0.1, 0.15) is 28.9 Å². The number of nitrogens with zero attached hydrogens (tertiary/aromatic N) is 2. The molecule has 1 amide bonds. The predicted molar refractivity (Wildman–Crippen MR) is 110 cm³/mol. The van der Waals surface area contributed by atoms with Crippen LogP contribution in [0.2, 0.25) is 0 Å². The molecule has 152 valence electrons. The van der Waals surface area contributed by atoms with Gasteiger partial charge in [0.25, 0.3) is 5.91 Å². The molecule has 7 heteroatoms. The summed E-state index contributed by atoms with van der Waals surface area (Å²) in [5.41, 5.74) is 2.04. The molecule has 0 aliphatic carbocycles. The fraction of sp³-hybridized carbons (Fsp3) is 0.273. The van der Waals surface area contributed by atoms with Crippen molar-refractivity contribution >= 4 is 5.91 Å². The van der Waals surface area contributed by atoms with Crippen molar-refractivity contribution in [3.8, 4) is 16.9 Å². The molecule has 0 radical (unpaired) electrons. The summed E-state index contributed by atoms with van der Waals surface area (Å²) in [6.07, 6.45) is 3.12. The number of aromatic nitrogens is 2. The van der Waals surface area contributed by atoms with Gasteiger partial charge in [0.1, 0.15) is 18.2 Å². The Hall–Kier alpha value is -3.19. The Morgan fingerprint density at radius 1 is 1.28 bits per heavy atom. The van der Waals surface area contributed by atoms with Crippen LogP contribution in [0.4, 0.5) is 4.39 Å². The molecule has 0 saturated heterocycles. The minimum Gasteiger partial charge on any atom is -0.491 e. The van der Waals surface area contributed by atoms with E-state index in [-0.39, 0.29) is 17.5 Å². The van der Waals surface area contributed by atoms with E-state index in [1.54, 1.807) is 12.3 Å². The van der Waals surface area contributed by atoms with Crippen molar-refractivity contribution in [3.05, 3.63) is 71.8 Å². The highest BCUT2D eigenvalue weighted by Crippen LogP contribution is 2.30. The monoisotopic (exact) mass is 396 g/mol. The minimum absolute atomic E-state index is 0.163. The fourth-order valence-electron chi connectivity index (χ4n) is 2.91. The van der Waals surface area contributed by atoms with Crippen LogP contribution in [-0.2, 0) is 0 Å². The van der Waals surface area contributed by atoms with Gasteiger partial charge in [-0.05, 0) is 38.7 Å². The summed E-state index contributed by atoms with van der Waals surface area (Å²) < 4.78 is 20.6. The molecule has 0 saturated carbocycles. The summed E-state index contributed by atoms with van der Waals surface area (Å²) >= 11 is 0. The van der Waals surface area contributed by atoms with Crippen LogP contribution in [0.3, 0.4) is 0 Å². The van der Waals surface area contributed by atoms with Crippen LogP contribution in [0.25, 0.3) is 11.1 Å². The Balaban J connectivity index is 1.88. The lowest BCUT2D eigenvalue weighted by Crippen LogP contribution is -2.28. The lowest BCUT2D eigenvalue weighted by atomic mass is 10.0. The number of aromatic amines is 1. The third-order valence-corrected chi connectivity index (χ3v) is 4.57. The quantitative estimate of drug-likeness (QED) is 0.610. The van der Waals surface area contributed by atoms with Gasteiger partial charge in [-0.3, -0.25) is 9.89 Å². The van der Waals surface area contributed by atoms with Gasteiger partial charge < -0.3 is 15.0 Å². The number of rotatable bonds is 8. The molecule has 1 heterocycles. The molecule has 2 aromatic carbocycles. The number of carbonyl (C=O) groups is 1. The van der Waals surface area contributed by atoms with Crippen molar-refractivity contribution in [2.24, 2.45) is 0 Å². The van der Waals surface area contributed by atoms with Crippen LogP contribution < -0.4 is 10.1 Å². The van der Waals surface area contributed by atoms with E-state index in [1.165, 1.54) is 12.3 Å². The van der Waals surface area contributed by atoms with Crippen molar-refractivity contribution in [2.75, 3.05) is 27.2 Å². The average molecular weight is 396 g/mol. The Morgan fingerprint density at radius 2 is 2.03 bits per heavy atom. The van der Waals surface area contributed by atoms with Crippen LogP contribution in [0.15, 0.2) is 54.9 Å². The standard InChI is InChI=1S/C22H25FN4O2/c1-15(16-7-5-4-6-8-16)26-22(28)19-11-20(23)18(17-13-24-25-14-17)12-21(19)29-10-9-27(2)3/h4-8,11-15H,9-10H2,1-3H3,(H,24,25)(H,26,28)/t15-/m1/s1. The van der Waals surface area contributed by atoms with E-state index in [0.717, 1.165) is 5.56 Å². The molecule has 29 heavy (non-hydrogen) atoms. The molecule has 3 rings (SSSR count). The van der Waals surface area contributed by atoms with Crippen LogP contribution in [-0.4, -0.2) is 48.3 Å². The van der Waals surface area contributed by atoms with Crippen molar-refractivity contribution in [1.82, 2.24) is 20.4 Å². The Morgan fingerprint density at radius 3 is 2.69 bits per heavy atom. The van der Waals surface area contributed by atoms with Crippen molar-refractivity contribution in [3.63, 3.8) is 0 Å². The second-order valence-corrected chi connectivity index (χ2v) is 7.07. The molecule has 0 bridgehead atoms. The molecule has 0 spiro atoms. The third kappa shape index (κ3) is 5.20. The first kappa shape index (κ1) is 20.5. The second kappa shape index (κ2) is 9.34. The smallest absolute Gasteiger partial charge is 0.255 e. The van der Waals surface area contributed by atoms with Crippen molar-refractivity contribution < 1.29 is 13.9 Å². The molecule has 0 aliphatic heterocycles. The van der Waals surface area contributed by atoms with Gasteiger partial charge in [-0.1, -0.05) is 30.3 Å². The number of benzene rings is 2. The molecular formula is C22H25FN4O2. The Labute approximate surface area is 169 Å². The molecule has 0 unspecified atom stereocenters. The molecule has 6 nitrogen and oxygen atoms in total. The van der Waals surface area contributed by atoms with E-state index in [4.69, 9.17) is 4.74 Å². The molecule has 0 aliphatic rings. The molecule has 1 aromatic heterocycles. The zero-order valence-corrected chi connectivity index (χ0v) is 16.8. The maximum atomic E-state index is 14.8. The zero-order chi connectivity index (χ0) is 20.8. The SMILES string of the molecule is C[C@@H](NC(=O)c1cc(F)c(-c2cn[nH]c2)cc1OCCN(C)C)c1ccccc1. The van der Waals surface area contributed by atoms with Crippen molar-refractivity contribution in [1.29, 1.82) is 0 Å². The maximum Gasteiger partial charge on any atom is 0.255 e. The highest BCUT2D eigenvalue weighted by atomic mass is 19.1. The summed E-state index contributed by atoms with van der Waals surface area (Å²) in [5.74, 6) is -0.565. The van der Waals surface area contributed by atoms with Gasteiger partial charge >= 0.3 is 0 Å². The Kier molecular flexibility index (Phi) is 6.61. The van der Waals surface area contributed by atoms with Gasteiger partial charge in [-0.2, -0.15) is 5.10 Å². The summed E-state index contributed by atoms with van der Waals surface area (Å²) in [7, 11) is 3.86. The van der Waals surface area contributed by atoms with Crippen LogP contribution in [0.5, 0.6) is 5.75 Å². The van der Waals surface area contributed by atoms with Crippen LogP contribution >= 0.6 is 0 Å². The summed E-state index contributed by atoms with van der Waals surface area (Å²) in [4.78, 5) is 14.9. The van der Waals surface area contributed by atoms with Gasteiger partial charge in [0.15, 0.2) is 0 Å².